The Balaban J connectivity index is 2.36. The summed E-state index contributed by atoms with van der Waals surface area (Å²) in [6.45, 7) is 12.0. The van der Waals surface area contributed by atoms with Gasteiger partial charge < -0.3 is 10.2 Å². The topological polar surface area (TPSA) is 71.2 Å². The number of fused-ring (bicyclic) bond motifs is 1. The minimum atomic E-state index is -0.434. The van der Waals surface area contributed by atoms with E-state index in [1.165, 1.54) is 4.80 Å². The number of phenolic OH excluding ortho intramolecular Hbond substituents is 2. The van der Waals surface area contributed by atoms with E-state index in [0.717, 1.165) is 16.6 Å². The monoisotopic (exact) mass is 339 g/mol. The molecule has 3 aromatic rings. The lowest BCUT2D eigenvalue weighted by Gasteiger charge is -2.29. The second kappa shape index (κ2) is 5.48. The van der Waals surface area contributed by atoms with Crippen LogP contribution in [0.15, 0.2) is 30.3 Å². The highest BCUT2D eigenvalue weighted by atomic mass is 16.3. The van der Waals surface area contributed by atoms with Crippen molar-refractivity contribution in [3.63, 3.8) is 0 Å². The minimum Gasteiger partial charge on any atom is -0.507 e. The van der Waals surface area contributed by atoms with Crippen LogP contribution >= 0.6 is 0 Å². The highest BCUT2D eigenvalue weighted by Crippen LogP contribution is 2.46. The van der Waals surface area contributed by atoms with Gasteiger partial charge in [-0.3, -0.25) is 0 Å². The van der Waals surface area contributed by atoms with Crippen LogP contribution in [0.25, 0.3) is 16.7 Å². The number of aromatic hydroxyl groups is 2. The van der Waals surface area contributed by atoms with Crippen LogP contribution in [0.2, 0.25) is 0 Å². The number of phenols is 2. The molecule has 2 aromatic carbocycles. The predicted octanol–water partition coefficient (Wildman–Crippen LogP) is 4.43. The molecular formula is C20H25N3O2. The fraction of sp³-hybridized carbons (Fsp3) is 0.400. The molecule has 1 aromatic heterocycles. The van der Waals surface area contributed by atoms with Crippen molar-refractivity contribution >= 4 is 11.0 Å². The van der Waals surface area contributed by atoms with Gasteiger partial charge in [0, 0.05) is 11.1 Å². The van der Waals surface area contributed by atoms with Crippen LogP contribution in [0.3, 0.4) is 0 Å². The average Bonchev–Trinajstić information content (AvgIpc) is 2.87. The summed E-state index contributed by atoms with van der Waals surface area (Å²) in [5, 5.41) is 30.7. The number of benzene rings is 2. The van der Waals surface area contributed by atoms with Gasteiger partial charge in [0.1, 0.15) is 22.5 Å². The maximum Gasteiger partial charge on any atom is 0.150 e. The fourth-order valence-corrected chi connectivity index (χ4v) is 3.05. The Kier molecular flexibility index (Phi) is 3.78. The Bertz CT molecular complexity index is 911. The summed E-state index contributed by atoms with van der Waals surface area (Å²) in [6.07, 6.45) is 0. The second-order valence-corrected chi connectivity index (χ2v) is 8.49. The maximum absolute atomic E-state index is 10.9. The van der Waals surface area contributed by atoms with Gasteiger partial charge in [-0.05, 0) is 29.0 Å². The van der Waals surface area contributed by atoms with E-state index in [2.05, 4.69) is 10.2 Å². The molecule has 0 atom stereocenters. The molecule has 0 saturated heterocycles. The molecule has 0 aliphatic heterocycles. The van der Waals surface area contributed by atoms with Crippen molar-refractivity contribution in [2.24, 2.45) is 0 Å². The normalized spacial score (nSPS) is 12.7. The molecule has 0 saturated carbocycles. The smallest absolute Gasteiger partial charge is 0.150 e. The summed E-state index contributed by atoms with van der Waals surface area (Å²) >= 11 is 0. The number of hydrogen-bond donors (Lipinski definition) is 2. The highest BCUT2D eigenvalue weighted by Gasteiger charge is 2.31. The summed E-state index contributed by atoms with van der Waals surface area (Å²) < 4.78 is 0. The van der Waals surface area contributed by atoms with Crippen molar-refractivity contribution in [2.75, 3.05) is 0 Å². The highest BCUT2D eigenvalue weighted by molar-refractivity contribution is 5.74. The van der Waals surface area contributed by atoms with Gasteiger partial charge in [0.15, 0.2) is 5.75 Å². The number of aromatic nitrogens is 3. The van der Waals surface area contributed by atoms with Crippen molar-refractivity contribution in [1.82, 2.24) is 15.0 Å². The molecule has 0 amide bonds. The van der Waals surface area contributed by atoms with E-state index < -0.39 is 5.41 Å². The summed E-state index contributed by atoms with van der Waals surface area (Å²) in [4.78, 5) is 1.45. The lowest BCUT2D eigenvalue weighted by Crippen LogP contribution is -2.19. The van der Waals surface area contributed by atoms with E-state index in [0.29, 0.717) is 11.3 Å². The first-order valence-electron chi connectivity index (χ1n) is 8.42. The third-order valence-electron chi connectivity index (χ3n) is 4.31. The van der Waals surface area contributed by atoms with Crippen molar-refractivity contribution < 1.29 is 10.2 Å². The molecule has 0 radical (unpaired) electrons. The maximum atomic E-state index is 10.9. The molecule has 25 heavy (non-hydrogen) atoms. The van der Waals surface area contributed by atoms with Gasteiger partial charge >= 0.3 is 0 Å². The van der Waals surface area contributed by atoms with Crippen molar-refractivity contribution in [3.8, 4) is 17.2 Å². The van der Waals surface area contributed by atoms with Crippen LogP contribution in [-0.2, 0) is 10.8 Å². The molecule has 1 heterocycles. The van der Waals surface area contributed by atoms with Crippen LogP contribution in [0, 0.1) is 0 Å². The Hall–Kier alpha value is -2.56. The van der Waals surface area contributed by atoms with E-state index in [9.17, 15) is 10.2 Å². The molecule has 0 aliphatic carbocycles. The molecule has 2 N–H and O–H groups in total. The quantitative estimate of drug-likeness (QED) is 0.688. The molecule has 132 valence electrons. The molecular weight excluding hydrogens is 314 g/mol. The lowest BCUT2D eigenvalue weighted by molar-refractivity contribution is 0.394. The summed E-state index contributed by atoms with van der Waals surface area (Å²) in [6, 6.07) is 9.34. The van der Waals surface area contributed by atoms with Crippen molar-refractivity contribution in [3.05, 3.63) is 41.5 Å². The van der Waals surface area contributed by atoms with Gasteiger partial charge in [-0.15, -0.1) is 15.0 Å². The first-order valence-corrected chi connectivity index (χ1v) is 8.42. The lowest BCUT2D eigenvalue weighted by atomic mass is 9.78. The molecule has 5 nitrogen and oxygen atoms in total. The van der Waals surface area contributed by atoms with Crippen molar-refractivity contribution in [1.29, 1.82) is 0 Å². The van der Waals surface area contributed by atoms with Crippen LogP contribution in [-0.4, -0.2) is 25.2 Å². The Morgan fingerprint density at radius 1 is 0.800 bits per heavy atom. The van der Waals surface area contributed by atoms with Gasteiger partial charge in [0.2, 0.25) is 0 Å². The van der Waals surface area contributed by atoms with E-state index in [4.69, 9.17) is 0 Å². The van der Waals surface area contributed by atoms with Gasteiger partial charge in [0.25, 0.3) is 0 Å². The van der Waals surface area contributed by atoms with Crippen LogP contribution in [0.1, 0.15) is 52.7 Å². The average molecular weight is 339 g/mol. The molecule has 0 unspecified atom stereocenters. The van der Waals surface area contributed by atoms with E-state index >= 15 is 0 Å². The zero-order valence-corrected chi connectivity index (χ0v) is 15.6. The molecule has 5 heteroatoms. The second-order valence-electron chi connectivity index (χ2n) is 8.49. The zero-order chi connectivity index (χ0) is 18.6. The van der Waals surface area contributed by atoms with Gasteiger partial charge in [-0.25, -0.2) is 0 Å². The minimum absolute atomic E-state index is 0.0123. The fourth-order valence-electron chi connectivity index (χ4n) is 3.05. The summed E-state index contributed by atoms with van der Waals surface area (Å²) in [5.41, 5.74) is 2.52. The van der Waals surface area contributed by atoms with Gasteiger partial charge in [-0.2, -0.15) is 0 Å². The number of nitrogens with zero attached hydrogens (tertiary/aromatic N) is 3. The van der Waals surface area contributed by atoms with E-state index in [1.807, 2.05) is 65.8 Å². The summed E-state index contributed by atoms with van der Waals surface area (Å²) in [7, 11) is 0. The van der Waals surface area contributed by atoms with Gasteiger partial charge in [0.05, 0.1) is 0 Å². The number of hydrogen-bond acceptors (Lipinski definition) is 4. The van der Waals surface area contributed by atoms with Crippen molar-refractivity contribution in [2.45, 2.75) is 52.4 Å². The molecule has 3 rings (SSSR count). The predicted molar refractivity (Wildman–Crippen MR) is 99.6 cm³/mol. The number of rotatable bonds is 1. The summed E-state index contributed by atoms with van der Waals surface area (Å²) in [5.74, 6) is 0.149. The van der Waals surface area contributed by atoms with Crippen LogP contribution < -0.4 is 0 Å². The van der Waals surface area contributed by atoms with E-state index in [-0.39, 0.29) is 16.9 Å². The molecule has 0 fully saturated rings. The molecule has 0 bridgehead atoms. The first-order chi connectivity index (χ1) is 11.5. The Morgan fingerprint density at radius 3 is 1.76 bits per heavy atom. The van der Waals surface area contributed by atoms with Crippen LogP contribution in [0.5, 0.6) is 11.5 Å². The van der Waals surface area contributed by atoms with Gasteiger partial charge in [-0.1, -0.05) is 53.7 Å². The standard InChI is InChI=1S/C20H25N3O2/c1-19(2,3)12-11-15(18(25)16(17(12)24)20(4,5)6)23-21-13-9-7-8-10-14(13)22-23/h7-11,24-25H,1-6H3. The largest absolute Gasteiger partial charge is 0.507 e. The SMILES string of the molecule is CC(C)(C)c1cc(-n2nc3ccccc3n2)c(O)c(C(C)(C)C)c1O. The van der Waals surface area contributed by atoms with Crippen LogP contribution in [0.4, 0.5) is 0 Å². The third-order valence-corrected chi connectivity index (χ3v) is 4.31. The Labute approximate surface area is 147 Å². The van der Waals surface area contributed by atoms with E-state index in [1.54, 1.807) is 6.07 Å². The Morgan fingerprint density at radius 2 is 1.32 bits per heavy atom. The molecule has 0 aliphatic rings. The first kappa shape index (κ1) is 17.3. The molecule has 0 spiro atoms. The zero-order valence-electron chi connectivity index (χ0n) is 15.6. The third kappa shape index (κ3) is 2.95.